The summed E-state index contributed by atoms with van der Waals surface area (Å²) in [7, 11) is 0. The first kappa shape index (κ1) is 14.8. The van der Waals surface area contributed by atoms with Crippen LogP contribution in [-0.2, 0) is 6.54 Å². The number of aryl methyl sites for hydroxylation is 1. The van der Waals surface area contributed by atoms with E-state index in [0.717, 1.165) is 13.1 Å². The molecule has 0 heterocycles. The van der Waals surface area contributed by atoms with Gasteiger partial charge >= 0.3 is 0 Å². The van der Waals surface area contributed by atoms with Crippen molar-refractivity contribution in [2.45, 2.75) is 26.4 Å². The van der Waals surface area contributed by atoms with Crippen LogP contribution in [0.4, 0.5) is 0 Å². The number of nitrogens with two attached hydrogens (primary N) is 1. The van der Waals surface area contributed by atoms with Gasteiger partial charge in [0.15, 0.2) is 0 Å². The molecule has 0 saturated heterocycles. The highest BCUT2D eigenvalue weighted by Crippen LogP contribution is 2.24. The number of hydrogen-bond acceptors (Lipinski definition) is 2. The van der Waals surface area contributed by atoms with Gasteiger partial charge in [-0.25, -0.2) is 0 Å². The Morgan fingerprint density at radius 2 is 1.65 bits per heavy atom. The van der Waals surface area contributed by atoms with Crippen molar-refractivity contribution in [3.8, 4) is 0 Å². The Labute approximate surface area is 122 Å². The molecule has 1 unspecified atom stereocenters. The third kappa shape index (κ3) is 3.47. The van der Waals surface area contributed by atoms with E-state index in [0.29, 0.717) is 6.54 Å². The fourth-order valence-electron chi connectivity index (χ4n) is 2.69. The topological polar surface area (TPSA) is 29.3 Å². The summed E-state index contributed by atoms with van der Waals surface area (Å²) in [5, 5.41) is 0. The second kappa shape index (κ2) is 7.22. The van der Waals surface area contributed by atoms with Gasteiger partial charge in [-0.3, -0.25) is 4.90 Å². The van der Waals surface area contributed by atoms with Gasteiger partial charge in [0.1, 0.15) is 0 Å². The van der Waals surface area contributed by atoms with Crippen molar-refractivity contribution in [1.29, 1.82) is 0 Å². The van der Waals surface area contributed by atoms with E-state index < -0.39 is 0 Å². The maximum absolute atomic E-state index is 6.06. The zero-order valence-electron chi connectivity index (χ0n) is 12.4. The summed E-state index contributed by atoms with van der Waals surface area (Å²) in [5.74, 6) is 0. The molecule has 2 rings (SSSR count). The molecular formula is C18H24N2. The maximum atomic E-state index is 6.06. The number of nitrogens with zero attached hydrogens (tertiary/aromatic N) is 1. The largest absolute Gasteiger partial charge is 0.329 e. The molecule has 2 N–H and O–H groups in total. The first-order valence-electron chi connectivity index (χ1n) is 7.29. The SMILES string of the molecule is CCN(Cc1ccccc1)C(CN)c1ccccc1C. The van der Waals surface area contributed by atoms with E-state index in [1.165, 1.54) is 16.7 Å². The molecule has 0 aliphatic rings. The maximum Gasteiger partial charge on any atom is 0.0476 e. The Kier molecular flexibility index (Phi) is 5.33. The van der Waals surface area contributed by atoms with Crippen LogP contribution in [0.5, 0.6) is 0 Å². The summed E-state index contributed by atoms with van der Waals surface area (Å²) in [6, 6.07) is 19.4. The average molecular weight is 268 g/mol. The van der Waals surface area contributed by atoms with E-state index >= 15 is 0 Å². The van der Waals surface area contributed by atoms with Crippen LogP contribution >= 0.6 is 0 Å². The third-order valence-corrected chi connectivity index (χ3v) is 3.85. The monoisotopic (exact) mass is 268 g/mol. The second-order valence-electron chi connectivity index (χ2n) is 5.16. The standard InChI is InChI=1S/C18H24N2/c1-3-20(14-16-10-5-4-6-11-16)18(13-19)17-12-8-7-9-15(17)2/h4-12,18H,3,13-14,19H2,1-2H3. The van der Waals surface area contributed by atoms with Gasteiger partial charge in [-0.15, -0.1) is 0 Å². The van der Waals surface area contributed by atoms with Crippen molar-refractivity contribution >= 4 is 0 Å². The summed E-state index contributed by atoms with van der Waals surface area (Å²) < 4.78 is 0. The van der Waals surface area contributed by atoms with Gasteiger partial charge in [0.05, 0.1) is 0 Å². The molecule has 0 radical (unpaired) electrons. The molecule has 0 fully saturated rings. The fourth-order valence-corrected chi connectivity index (χ4v) is 2.69. The lowest BCUT2D eigenvalue weighted by atomic mass is 9.99. The minimum absolute atomic E-state index is 0.279. The van der Waals surface area contributed by atoms with Crippen LogP contribution in [0.3, 0.4) is 0 Å². The van der Waals surface area contributed by atoms with Crippen molar-refractivity contribution in [3.63, 3.8) is 0 Å². The number of rotatable bonds is 6. The lowest BCUT2D eigenvalue weighted by molar-refractivity contribution is 0.203. The Morgan fingerprint density at radius 3 is 2.25 bits per heavy atom. The smallest absolute Gasteiger partial charge is 0.0476 e. The zero-order valence-corrected chi connectivity index (χ0v) is 12.4. The molecule has 106 valence electrons. The molecule has 2 aromatic carbocycles. The van der Waals surface area contributed by atoms with Crippen molar-refractivity contribution in [2.75, 3.05) is 13.1 Å². The molecule has 0 bridgehead atoms. The highest BCUT2D eigenvalue weighted by Gasteiger charge is 2.19. The fraction of sp³-hybridized carbons (Fsp3) is 0.333. The van der Waals surface area contributed by atoms with Crippen molar-refractivity contribution < 1.29 is 0 Å². The molecule has 0 aliphatic heterocycles. The molecule has 1 atom stereocenters. The van der Waals surface area contributed by atoms with Gasteiger partial charge in [0, 0.05) is 19.1 Å². The molecule has 0 spiro atoms. The lowest BCUT2D eigenvalue weighted by Gasteiger charge is -2.31. The van der Waals surface area contributed by atoms with Crippen LogP contribution in [0.15, 0.2) is 54.6 Å². The molecule has 2 heteroatoms. The van der Waals surface area contributed by atoms with Crippen LogP contribution in [0, 0.1) is 6.92 Å². The predicted molar refractivity (Wildman–Crippen MR) is 85.5 cm³/mol. The highest BCUT2D eigenvalue weighted by molar-refractivity contribution is 5.29. The molecule has 0 aromatic heterocycles. The summed E-state index contributed by atoms with van der Waals surface area (Å²) in [4.78, 5) is 2.44. The van der Waals surface area contributed by atoms with E-state index in [1.54, 1.807) is 0 Å². The summed E-state index contributed by atoms with van der Waals surface area (Å²) in [6.45, 7) is 6.93. The molecule has 0 amide bonds. The summed E-state index contributed by atoms with van der Waals surface area (Å²) in [6.07, 6.45) is 0. The highest BCUT2D eigenvalue weighted by atomic mass is 15.2. The van der Waals surface area contributed by atoms with E-state index in [4.69, 9.17) is 5.73 Å². The number of likely N-dealkylation sites (N-methyl/N-ethyl adjacent to an activating group) is 1. The number of hydrogen-bond donors (Lipinski definition) is 1. The average Bonchev–Trinajstić information content (AvgIpc) is 2.49. The van der Waals surface area contributed by atoms with Gasteiger partial charge in [0.25, 0.3) is 0 Å². The minimum Gasteiger partial charge on any atom is -0.329 e. The first-order valence-corrected chi connectivity index (χ1v) is 7.29. The second-order valence-corrected chi connectivity index (χ2v) is 5.16. The third-order valence-electron chi connectivity index (χ3n) is 3.85. The van der Waals surface area contributed by atoms with Gasteiger partial charge in [-0.05, 0) is 30.2 Å². The van der Waals surface area contributed by atoms with E-state index in [2.05, 4.69) is 73.3 Å². The van der Waals surface area contributed by atoms with Gasteiger partial charge < -0.3 is 5.73 Å². The van der Waals surface area contributed by atoms with E-state index in [-0.39, 0.29) is 6.04 Å². The predicted octanol–water partition coefficient (Wildman–Crippen LogP) is 3.52. The summed E-state index contributed by atoms with van der Waals surface area (Å²) in [5.41, 5.74) is 10.1. The zero-order chi connectivity index (χ0) is 14.4. The molecule has 2 nitrogen and oxygen atoms in total. The van der Waals surface area contributed by atoms with Gasteiger partial charge in [-0.1, -0.05) is 61.5 Å². The molecule has 2 aromatic rings. The Hall–Kier alpha value is -1.64. The molecule has 0 aliphatic carbocycles. The Morgan fingerprint density at radius 1 is 1.00 bits per heavy atom. The van der Waals surface area contributed by atoms with Crippen LogP contribution in [0.25, 0.3) is 0 Å². The minimum atomic E-state index is 0.279. The van der Waals surface area contributed by atoms with Gasteiger partial charge in [0.2, 0.25) is 0 Å². The van der Waals surface area contributed by atoms with E-state index in [1.807, 2.05) is 0 Å². The van der Waals surface area contributed by atoms with Crippen LogP contribution in [0.1, 0.15) is 29.7 Å². The van der Waals surface area contributed by atoms with Crippen LogP contribution in [-0.4, -0.2) is 18.0 Å². The van der Waals surface area contributed by atoms with E-state index in [9.17, 15) is 0 Å². The quantitative estimate of drug-likeness (QED) is 0.868. The first-order chi connectivity index (χ1) is 9.76. The Bertz CT molecular complexity index is 522. The van der Waals surface area contributed by atoms with Gasteiger partial charge in [-0.2, -0.15) is 0 Å². The lowest BCUT2D eigenvalue weighted by Crippen LogP contribution is -2.33. The summed E-state index contributed by atoms with van der Waals surface area (Å²) >= 11 is 0. The van der Waals surface area contributed by atoms with Crippen LogP contribution < -0.4 is 5.73 Å². The number of benzene rings is 2. The normalized spacial score (nSPS) is 12.6. The Balaban J connectivity index is 2.22. The van der Waals surface area contributed by atoms with Crippen LogP contribution in [0.2, 0.25) is 0 Å². The molecule has 20 heavy (non-hydrogen) atoms. The van der Waals surface area contributed by atoms with Crippen molar-refractivity contribution in [2.24, 2.45) is 5.73 Å². The van der Waals surface area contributed by atoms with Crippen molar-refractivity contribution in [3.05, 3.63) is 71.3 Å². The van der Waals surface area contributed by atoms with Crippen molar-refractivity contribution in [1.82, 2.24) is 4.90 Å². The molecular weight excluding hydrogens is 244 g/mol. The molecule has 0 saturated carbocycles.